The Hall–Kier alpha value is -3.02. The number of aryl methyl sites for hydroxylation is 1. The van der Waals surface area contributed by atoms with Crippen LogP contribution in [0.5, 0.6) is 5.75 Å². The molecule has 1 atom stereocenters. The van der Waals surface area contributed by atoms with Crippen molar-refractivity contribution in [2.24, 2.45) is 5.92 Å². The van der Waals surface area contributed by atoms with Crippen molar-refractivity contribution >= 4 is 17.6 Å². The first-order valence-corrected chi connectivity index (χ1v) is 10.7. The van der Waals surface area contributed by atoms with Gasteiger partial charge in [-0.05, 0) is 49.9 Å². The number of nitrogens with zero attached hydrogens (tertiary/aromatic N) is 2. The zero-order chi connectivity index (χ0) is 21.1. The van der Waals surface area contributed by atoms with Crippen molar-refractivity contribution in [1.29, 1.82) is 0 Å². The number of hydrogen-bond donors (Lipinski definition) is 1. The molecule has 2 aliphatic rings. The van der Waals surface area contributed by atoms with Crippen LogP contribution >= 0.6 is 0 Å². The van der Waals surface area contributed by atoms with Crippen LogP contribution in [0.4, 0.5) is 10.5 Å². The summed E-state index contributed by atoms with van der Waals surface area (Å²) in [5, 5.41) is 3.07. The maximum absolute atomic E-state index is 13.2. The average Bonchev–Trinajstić information content (AvgIpc) is 2.77. The molecule has 1 unspecified atom stereocenters. The summed E-state index contributed by atoms with van der Waals surface area (Å²) in [6, 6.07) is 15.7. The van der Waals surface area contributed by atoms with E-state index >= 15 is 0 Å². The predicted molar refractivity (Wildman–Crippen MR) is 117 cm³/mol. The highest BCUT2D eigenvalue weighted by atomic mass is 16.5. The number of benzene rings is 2. The van der Waals surface area contributed by atoms with Crippen LogP contribution in [0, 0.1) is 12.8 Å². The molecule has 2 heterocycles. The van der Waals surface area contributed by atoms with Gasteiger partial charge in [-0.2, -0.15) is 0 Å². The van der Waals surface area contributed by atoms with Crippen LogP contribution in [0.15, 0.2) is 48.5 Å². The Labute approximate surface area is 177 Å². The molecule has 6 nitrogen and oxygen atoms in total. The molecule has 0 bridgehead atoms. The molecule has 1 N–H and O–H groups in total. The Kier molecular flexibility index (Phi) is 5.93. The van der Waals surface area contributed by atoms with Crippen molar-refractivity contribution in [2.45, 2.75) is 39.3 Å². The molecule has 30 heavy (non-hydrogen) atoms. The summed E-state index contributed by atoms with van der Waals surface area (Å²) >= 11 is 0. The SMILES string of the molecule is Cc1ccccc1CNC(=O)C1CCN(C(=O)N2CC(C)Oc3ccccc32)CC1. The third-order valence-corrected chi connectivity index (χ3v) is 6.01. The quantitative estimate of drug-likeness (QED) is 0.843. The Morgan fingerprint density at radius 3 is 2.53 bits per heavy atom. The molecule has 2 aromatic carbocycles. The Morgan fingerprint density at radius 2 is 1.77 bits per heavy atom. The smallest absolute Gasteiger partial charge is 0.324 e. The maximum Gasteiger partial charge on any atom is 0.324 e. The predicted octanol–water partition coefficient (Wildman–Crippen LogP) is 3.73. The number of ether oxygens (including phenoxy) is 1. The summed E-state index contributed by atoms with van der Waals surface area (Å²) in [5.74, 6) is 0.778. The fraction of sp³-hybridized carbons (Fsp3) is 0.417. The van der Waals surface area contributed by atoms with E-state index in [9.17, 15) is 9.59 Å². The van der Waals surface area contributed by atoms with Gasteiger partial charge in [0.15, 0.2) is 0 Å². The Balaban J connectivity index is 1.33. The lowest BCUT2D eigenvalue weighted by Gasteiger charge is -2.39. The molecule has 2 aliphatic heterocycles. The van der Waals surface area contributed by atoms with E-state index < -0.39 is 0 Å². The summed E-state index contributed by atoms with van der Waals surface area (Å²) < 4.78 is 5.85. The molecule has 2 aromatic rings. The van der Waals surface area contributed by atoms with E-state index in [1.807, 2.05) is 59.2 Å². The summed E-state index contributed by atoms with van der Waals surface area (Å²) in [6.45, 7) is 6.29. The van der Waals surface area contributed by atoms with E-state index in [0.29, 0.717) is 39.0 Å². The number of fused-ring (bicyclic) bond motifs is 1. The zero-order valence-corrected chi connectivity index (χ0v) is 17.6. The molecule has 0 saturated carbocycles. The number of carbonyl (C=O) groups excluding carboxylic acids is 2. The lowest BCUT2D eigenvalue weighted by Crippen LogP contribution is -2.52. The van der Waals surface area contributed by atoms with Gasteiger partial charge in [-0.1, -0.05) is 36.4 Å². The summed E-state index contributed by atoms with van der Waals surface area (Å²) in [7, 11) is 0. The van der Waals surface area contributed by atoms with E-state index in [-0.39, 0.29) is 24.0 Å². The third kappa shape index (κ3) is 4.27. The van der Waals surface area contributed by atoms with Gasteiger partial charge in [0, 0.05) is 25.6 Å². The number of carbonyl (C=O) groups is 2. The van der Waals surface area contributed by atoms with Crippen LogP contribution in [0.3, 0.4) is 0 Å². The lowest BCUT2D eigenvalue weighted by atomic mass is 9.96. The monoisotopic (exact) mass is 407 g/mol. The molecule has 1 saturated heterocycles. The van der Waals surface area contributed by atoms with E-state index in [1.54, 1.807) is 0 Å². The van der Waals surface area contributed by atoms with Gasteiger partial charge in [-0.3, -0.25) is 9.69 Å². The highest BCUT2D eigenvalue weighted by Gasteiger charge is 2.33. The van der Waals surface area contributed by atoms with Crippen molar-refractivity contribution in [2.75, 3.05) is 24.5 Å². The van der Waals surface area contributed by atoms with E-state index in [1.165, 1.54) is 5.56 Å². The van der Waals surface area contributed by atoms with Gasteiger partial charge in [-0.25, -0.2) is 4.79 Å². The van der Waals surface area contributed by atoms with Crippen LogP contribution in [0.1, 0.15) is 30.9 Å². The van der Waals surface area contributed by atoms with Crippen molar-refractivity contribution in [3.8, 4) is 5.75 Å². The lowest BCUT2D eigenvalue weighted by molar-refractivity contribution is -0.126. The van der Waals surface area contributed by atoms with E-state index in [2.05, 4.69) is 18.3 Å². The summed E-state index contributed by atoms with van der Waals surface area (Å²) in [5.41, 5.74) is 3.13. The maximum atomic E-state index is 13.2. The van der Waals surface area contributed by atoms with E-state index in [0.717, 1.165) is 17.0 Å². The topological polar surface area (TPSA) is 61.9 Å². The van der Waals surface area contributed by atoms with Gasteiger partial charge >= 0.3 is 6.03 Å². The van der Waals surface area contributed by atoms with E-state index in [4.69, 9.17) is 4.74 Å². The summed E-state index contributed by atoms with van der Waals surface area (Å²) in [6.07, 6.45) is 1.33. The zero-order valence-electron chi connectivity index (χ0n) is 17.6. The third-order valence-electron chi connectivity index (χ3n) is 6.01. The minimum Gasteiger partial charge on any atom is -0.487 e. The number of piperidine rings is 1. The second-order valence-corrected chi connectivity index (χ2v) is 8.19. The molecule has 0 aromatic heterocycles. The van der Waals surface area contributed by atoms with Gasteiger partial charge in [0.25, 0.3) is 0 Å². The molecule has 1 fully saturated rings. The van der Waals surface area contributed by atoms with Gasteiger partial charge in [-0.15, -0.1) is 0 Å². The number of nitrogens with one attached hydrogen (secondary N) is 1. The number of para-hydroxylation sites is 2. The first-order valence-electron chi connectivity index (χ1n) is 10.7. The number of rotatable bonds is 3. The molecule has 4 rings (SSSR count). The van der Waals surface area contributed by atoms with Crippen molar-refractivity contribution in [1.82, 2.24) is 10.2 Å². The number of urea groups is 1. The number of likely N-dealkylation sites (tertiary alicyclic amines) is 1. The number of hydrogen-bond acceptors (Lipinski definition) is 3. The molecule has 0 radical (unpaired) electrons. The normalized spacial score (nSPS) is 19.1. The molecular formula is C24H29N3O3. The Morgan fingerprint density at radius 1 is 1.07 bits per heavy atom. The fourth-order valence-corrected chi connectivity index (χ4v) is 4.21. The van der Waals surface area contributed by atoms with Gasteiger partial charge in [0.1, 0.15) is 11.9 Å². The number of anilines is 1. The number of amides is 3. The molecule has 6 heteroatoms. The average molecular weight is 408 g/mol. The van der Waals surface area contributed by atoms with Gasteiger partial charge in [0.2, 0.25) is 5.91 Å². The molecule has 0 spiro atoms. The van der Waals surface area contributed by atoms with Crippen LogP contribution < -0.4 is 15.0 Å². The molecule has 0 aliphatic carbocycles. The standard InChI is InChI=1S/C24H29N3O3/c1-17-7-3-4-8-20(17)15-25-23(28)19-11-13-26(14-12-19)24(29)27-16-18(2)30-22-10-6-5-9-21(22)27/h3-10,18-19H,11-16H2,1-2H3,(H,25,28). The highest BCUT2D eigenvalue weighted by molar-refractivity contribution is 5.94. The second-order valence-electron chi connectivity index (χ2n) is 8.19. The van der Waals surface area contributed by atoms with Crippen LogP contribution in [-0.4, -0.2) is 42.6 Å². The largest absolute Gasteiger partial charge is 0.487 e. The first-order chi connectivity index (χ1) is 14.5. The Bertz CT molecular complexity index is 921. The second kappa shape index (κ2) is 8.78. The van der Waals surface area contributed by atoms with Crippen LogP contribution in [0.25, 0.3) is 0 Å². The molecule has 3 amide bonds. The minimum absolute atomic E-state index is 0.00336. The molecular weight excluding hydrogens is 378 g/mol. The van der Waals surface area contributed by atoms with Crippen LogP contribution in [-0.2, 0) is 11.3 Å². The fourth-order valence-electron chi connectivity index (χ4n) is 4.21. The first kappa shape index (κ1) is 20.3. The van der Waals surface area contributed by atoms with Gasteiger partial charge < -0.3 is 15.0 Å². The minimum atomic E-state index is -0.0476. The van der Waals surface area contributed by atoms with Crippen molar-refractivity contribution < 1.29 is 14.3 Å². The van der Waals surface area contributed by atoms with Crippen LogP contribution in [0.2, 0.25) is 0 Å². The van der Waals surface area contributed by atoms with Crippen molar-refractivity contribution in [3.05, 3.63) is 59.7 Å². The highest BCUT2D eigenvalue weighted by Crippen LogP contribution is 2.34. The van der Waals surface area contributed by atoms with Crippen molar-refractivity contribution in [3.63, 3.8) is 0 Å². The summed E-state index contributed by atoms with van der Waals surface area (Å²) in [4.78, 5) is 29.5. The molecule has 158 valence electrons. The van der Waals surface area contributed by atoms with Gasteiger partial charge in [0.05, 0.1) is 12.2 Å².